The zero-order chi connectivity index (χ0) is 21.1. The lowest BCUT2D eigenvalue weighted by atomic mass is 9.98. The van der Waals surface area contributed by atoms with Crippen molar-refractivity contribution in [3.05, 3.63) is 90.0 Å². The molecule has 0 saturated carbocycles. The van der Waals surface area contributed by atoms with Crippen molar-refractivity contribution in [3.8, 4) is 16.9 Å². The highest BCUT2D eigenvalue weighted by Crippen LogP contribution is 2.39. The molecule has 1 fully saturated rings. The van der Waals surface area contributed by atoms with Crippen LogP contribution in [0.15, 0.2) is 78.9 Å². The van der Waals surface area contributed by atoms with Gasteiger partial charge in [0.2, 0.25) is 0 Å². The summed E-state index contributed by atoms with van der Waals surface area (Å²) in [6.07, 6.45) is 1.02. The molecule has 1 amide bonds. The molecule has 5 heteroatoms. The fourth-order valence-electron chi connectivity index (χ4n) is 4.13. The summed E-state index contributed by atoms with van der Waals surface area (Å²) in [5.74, 6) is -0.712. The molecule has 1 saturated heterocycles. The van der Waals surface area contributed by atoms with Crippen molar-refractivity contribution < 1.29 is 19.4 Å². The number of benzene rings is 3. The van der Waals surface area contributed by atoms with E-state index in [1.807, 2.05) is 48.5 Å². The van der Waals surface area contributed by atoms with Crippen LogP contribution in [0.1, 0.15) is 34.8 Å². The first-order valence-corrected chi connectivity index (χ1v) is 9.93. The molecular weight excluding hydrogens is 378 g/mol. The van der Waals surface area contributed by atoms with Gasteiger partial charge < -0.3 is 14.7 Å². The minimum Gasteiger partial charge on any atom is -0.497 e. The van der Waals surface area contributed by atoms with Crippen LogP contribution in [0.5, 0.6) is 5.75 Å². The van der Waals surface area contributed by atoms with Crippen LogP contribution in [0.3, 0.4) is 0 Å². The van der Waals surface area contributed by atoms with E-state index in [1.165, 1.54) is 12.0 Å². The van der Waals surface area contributed by atoms with Crippen LogP contribution in [0.25, 0.3) is 11.1 Å². The van der Waals surface area contributed by atoms with Gasteiger partial charge in [-0.05, 0) is 53.8 Å². The Balaban J connectivity index is 1.72. The van der Waals surface area contributed by atoms with Crippen molar-refractivity contribution >= 4 is 11.9 Å². The second-order valence-electron chi connectivity index (χ2n) is 7.38. The van der Waals surface area contributed by atoms with Crippen molar-refractivity contribution in [1.29, 1.82) is 0 Å². The normalized spacial score (nSPS) is 18.2. The molecule has 30 heavy (non-hydrogen) atoms. The van der Waals surface area contributed by atoms with E-state index in [1.54, 1.807) is 24.3 Å². The maximum Gasteiger partial charge on any atom is 0.326 e. The smallest absolute Gasteiger partial charge is 0.326 e. The number of hydrogen-bond donors (Lipinski definition) is 1. The molecule has 1 N–H and O–H groups in total. The summed E-state index contributed by atoms with van der Waals surface area (Å²) in [6.45, 7) is 0. The molecule has 1 aliphatic heterocycles. The van der Waals surface area contributed by atoms with Crippen LogP contribution in [-0.4, -0.2) is 35.0 Å². The van der Waals surface area contributed by atoms with Gasteiger partial charge in [-0.15, -0.1) is 0 Å². The number of likely N-dealkylation sites (tertiary alicyclic amines) is 1. The molecule has 4 rings (SSSR count). The van der Waals surface area contributed by atoms with Gasteiger partial charge in [0, 0.05) is 5.56 Å². The quantitative estimate of drug-likeness (QED) is 0.667. The molecule has 3 aromatic carbocycles. The SMILES string of the molecule is COc1cccc(C(=O)N2C(C(=O)O)CCC2c2cccc(-c3ccccc3)c2)c1. The van der Waals surface area contributed by atoms with E-state index in [-0.39, 0.29) is 11.9 Å². The average molecular weight is 401 g/mol. The monoisotopic (exact) mass is 401 g/mol. The predicted molar refractivity (Wildman–Crippen MR) is 114 cm³/mol. The summed E-state index contributed by atoms with van der Waals surface area (Å²) in [7, 11) is 1.54. The van der Waals surface area contributed by atoms with Crippen molar-refractivity contribution in [2.24, 2.45) is 0 Å². The number of amides is 1. The highest BCUT2D eigenvalue weighted by molar-refractivity contribution is 5.97. The summed E-state index contributed by atoms with van der Waals surface area (Å²) in [4.78, 5) is 26.8. The number of carbonyl (C=O) groups is 2. The number of rotatable bonds is 5. The van der Waals surface area contributed by atoms with E-state index in [2.05, 4.69) is 6.07 Å². The molecule has 0 aliphatic carbocycles. The van der Waals surface area contributed by atoms with Crippen LogP contribution in [0.2, 0.25) is 0 Å². The van der Waals surface area contributed by atoms with Crippen LogP contribution >= 0.6 is 0 Å². The highest BCUT2D eigenvalue weighted by Gasteiger charge is 2.42. The van der Waals surface area contributed by atoms with Crippen molar-refractivity contribution in [1.82, 2.24) is 4.90 Å². The molecule has 1 heterocycles. The lowest BCUT2D eigenvalue weighted by Gasteiger charge is -2.29. The largest absolute Gasteiger partial charge is 0.497 e. The zero-order valence-corrected chi connectivity index (χ0v) is 16.7. The molecule has 2 atom stereocenters. The maximum absolute atomic E-state index is 13.4. The number of hydrogen-bond acceptors (Lipinski definition) is 3. The summed E-state index contributed by atoms with van der Waals surface area (Å²) in [6, 6.07) is 23.7. The molecule has 152 valence electrons. The number of carboxylic acids is 1. The summed E-state index contributed by atoms with van der Waals surface area (Å²) in [5, 5.41) is 9.76. The Labute approximate surface area is 175 Å². The first kappa shape index (κ1) is 19.7. The van der Waals surface area contributed by atoms with Gasteiger partial charge in [-0.25, -0.2) is 4.79 Å². The topological polar surface area (TPSA) is 66.8 Å². The number of carboxylic acid groups (broad SMARTS) is 1. The van der Waals surface area contributed by atoms with Crippen LogP contribution in [0, 0.1) is 0 Å². The number of nitrogens with zero attached hydrogens (tertiary/aromatic N) is 1. The van der Waals surface area contributed by atoms with Gasteiger partial charge >= 0.3 is 5.97 Å². The molecular formula is C25H23NO4. The maximum atomic E-state index is 13.4. The lowest BCUT2D eigenvalue weighted by Crippen LogP contribution is -2.41. The van der Waals surface area contributed by atoms with Gasteiger partial charge in [0.05, 0.1) is 13.2 Å². The van der Waals surface area contributed by atoms with Crippen LogP contribution in [0.4, 0.5) is 0 Å². The summed E-state index contributed by atoms with van der Waals surface area (Å²) >= 11 is 0. The van der Waals surface area contributed by atoms with Gasteiger partial charge in [-0.1, -0.05) is 54.6 Å². The summed E-state index contributed by atoms with van der Waals surface area (Å²) < 4.78 is 5.23. The Hall–Kier alpha value is -3.60. The van der Waals surface area contributed by atoms with E-state index in [9.17, 15) is 14.7 Å². The third-order valence-electron chi connectivity index (χ3n) is 5.60. The molecule has 0 aromatic heterocycles. The second-order valence-corrected chi connectivity index (χ2v) is 7.38. The molecule has 2 unspecified atom stereocenters. The predicted octanol–water partition coefficient (Wildman–Crippen LogP) is 4.79. The van der Waals surface area contributed by atoms with Gasteiger partial charge in [0.1, 0.15) is 11.8 Å². The van der Waals surface area contributed by atoms with Crippen molar-refractivity contribution in [3.63, 3.8) is 0 Å². The Morgan fingerprint density at radius 1 is 0.900 bits per heavy atom. The third kappa shape index (κ3) is 3.79. The van der Waals surface area contributed by atoms with Gasteiger partial charge in [-0.2, -0.15) is 0 Å². The number of methoxy groups -OCH3 is 1. The molecule has 3 aromatic rings. The van der Waals surface area contributed by atoms with E-state index < -0.39 is 12.0 Å². The minimum atomic E-state index is -0.979. The molecule has 0 radical (unpaired) electrons. The van der Waals surface area contributed by atoms with Gasteiger partial charge in [0.15, 0.2) is 0 Å². The first-order chi connectivity index (χ1) is 14.6. The van der Waals surface area contributed by atoms with Gasteiger partial charge in [-0.3, -0.25) is 4.79 Å². The molecule has 1 aliphatic rings. The number of carbonyl (C=O) groups excluding carboxylic acids is 1. The second kappa shape index (κ2) is 8.41. The Morgan fingerprint density at radius 2 is 1.63 bits per heavy atom. The van der Waals surface area contributed by atoms with Gasteiger partial charge in [0.25, 0.3) is 5.91 Å². The highest BCUT2D eigenvalue weighted by atomic mass is 16.5. The lowest BCUT2D eigenvalue weighted by molar-refractivity contribution is -0.141. The Kier molecular flexibility index (Phi) is 5.53. The van der Waals surface area contributed by atoms with E-state index in [0.717, 1.165) is 16.7 Å². The molecule has 0 spiro atoms. The molecule has 0 bridgehead atoms. The average Bonchev–Trinajstić information content (AvgIpc) is 3.25. The van der Waals surface area contributed by atoms with E-state index in [0.29, 0.717) is 24.2 Å². The third-order valence-corrected chi connectivity index (χ3v) is 5.60. The van der Waals surface area contributed by atoms with E-state index >= 15 is 0 Å². The van der Waals surface area contributed by atoms with Crippen molar-refractivity contribution in [2.75, 3.05) is 7.11 Å². The Morgan fingerprint density at radius 3 is 2.37 bits per heavy atom. The number of ether oxygens (including phenoxy) is 1. The fraction of sp³-hybridized carbons (Fsp3) is 0.200. The number of aliphatic carboxylic acids is 1. The van der Waals surface area contributed by atoms with Crippen LogP contribution < -0.4 is 4.74 Å². The fourth-order valence-corrected chi connectivity index (χ4v) is 4.13. The van der Waals surface area contributed by atoms with Crippen LogP contribution in [-0.2, 0) is 4.79 Å². The summed E-state index contributed by atoms with van der Waals surface area (Å²) in [5.41, 5.74) is 3.49. The van der Waals surface area contributed by atoms with Crippen molar-refractivity contribution in [2.45, 2.75) is 24.9 Å². The standard InChI is InChI=1S/C25H23NO4/c1-30-21-12-6-11-20(16-21)24(27)26-22(13-14-23(26)25(28)29)19-10-5-9-18(15-19)17-7-3-2-4-8-17/h2-12,15-16,22-23H,13-14H2,1H3,(H,28,29). The molecule has 5 nitrogen and oxygen atoms in total. The van der Waals surface area contributed by atoms with E-state index in [4.69, 9.17) is 4.74 Å². The minimum absolute atomic E-state index is 0.297. The Bertz CT molecular complexity index is 1060. The zero-order valence-electron chi connectivity index (χ0n) is 16.7. The first-order valence-electron chi connectivity index (χ1n) is 9.93.